The van der Waals surface area contributed by atoms with E-state index in [0.29, 0.717) is 30.8 Å². The molecule has 4 aliphatic carbocycles. The van der Waals surface area contributed by atoms with E-state index in [1.54, 1.807) is 7.11 Å². The minimum Gasteiger partial charge on any atom is -0.371 e. The summed E-state index contributed by atoms with van der Waals surface area (Å²) >= 11 is 0. The number of allylic oxidation sites excluding steroid dienone is 1. The standard InChI is InChI=1S/C25H38O7/c1-23-9-8-17(27)10-16(23)4-5-18-19-6-7-21(25(31-13-26)12-29-15-32-25)24(19,2)11-20(22(18)23)30-14-28-3/h10,18-22,26H,4-9,11-15H2,1-3H3/t18?,19?,20-,21?,22?,23?,24?,25?/m0/s1. The average molecular weight is 451 g/mol. The van der Waals surface area contributed by atoms with Crippen molar-refractivity contribution >= 4 is 5.78 Å². The molecule has 0 bridgehead atoms. The molecule has 5 rings (SSSR count). The Balaban J connectivity index is 1.52. The number of hydrogen-bond acceptors (Lipinski definition) is 7. The van der Waals surface area contributed by atoms with Crippen molar-refractivity contribution in [1.29, 1.82) is 0 Å². The summed E-state index contributed by atoms with van der Waals surface area (Å²) < 4.78 is 29.3. The maximum Gasteiger partial charge on any atom is 0.200 e. The van der Waals surface area contributed by atoms with Crippen LogP contribution in [0.1, 0.15) is 58.8 Å². The molecule has 0 spiro atoms. The zero-order valence-electron chi connectivity index (χ0n) is 19.6. The molecule has 7 unspecified atom stereocenters. The Morgan fingerprint density at radius 1 is 1.22 bits per heavy atom. The summed E-state index contributed by atoms with van der Waals surface area (Å²) in [4.78, 5) is 12.2. The van der Waals surface area contributed by atoms with Crippen LogP contribution < -0.4 is 0 Å². The largest absolute Gasteiger partial charge is 0.371 e. The van der Waals surface area contributed by atoms with Gasteiger partial charge in [-0.15, -0.1) is 0 Å². The molecule has 0 aromatic carbocycles. The molecule has 1 heterocycles. The third kappa shape index (κ3) is 3.35. The van der Waals surface area contributed by atoms with Gasteiger partial charge in [-0.05, 0) is 73.2 Å². The third-order valence-electron chi connectivity index (χ3n) is 9.80. The van der Waals surface area contributed by atoms with Gasteiger partial charge in [0.1, 0.15) is 20.2 Å². The topological polar surface area (TPSA) is 83.5 Å². The van der Waals surface area contributed by atoms with Crippen LogP contribution in [-0.2, 0) is 28.5 Å². The fourth-order valence-electron chi connectivity index (χ4n) is 8.55. The molecule has 1 aliphatic heterocycles. The molecule has 8 atom stereocenters. The monoisotopic (exact) mass is 450 g/mol. The van der Waals surface area contributed by atoms with E-state index in [-0.39, 0.29) is 49.0 Å². The lowest BCUT2D eigenvalue weighted by molar-refractivity contribution is -0.287. The number of carbonyl (C=O) groups excluding carboxylic acids is 1. The minimum atomic E-state index is -0.891. The second kappa shape index (κ2) is 8.43. The normalized spacial score (nSPS) is 48.2. The smallest absolute Gasteiger partial charge is 0.200 e. The molecule has 0 amide bonds. The molecular formula is C25H38O7. The van der Waals surface area contributed by atoms with Crippen molar-refractivity contribution in [2.75, 3.05) is 34.1 Å². The summed E-state index contributed by atoms with van der Waals surface area (Å²) in [6.07, 6.45) is 8.60. The van der Waals surface area contributed by atoms with Crippen molar-refractivity contribution in [2.24, 2.45) is 34.5 Å². The summed E-state index contributed by atoms with van der Waals surface area (Å²) in [6.45, 7) is 5.18. The van der Waals surface area contributed by atoms with Gasteiger partial charge in [-0.3, -0.25) is 4.79 Å². The molecule has 7 nitrogen and oxygen atoms in total. The number of hydrogen-bond donors (Lipinski definition) is 1. The molecule has 5 aliphatic rings. The molecule has 1 saturated heterocycles. The van der Waals surface area contributed by atoms with E-state index in [1.165, 1.54) is 5.57 Å². The van der Waals surface area contributed by atoms with Gasteiger partial charge in [-0.2, -0.15) is 0 Å². The fourth-order valence-corrected chi connectivity index (χ4v) is 8.55. The van der Waals surface area contributed by atoms with Crippen molar-refractivity contribution < 1.29 is 33.6 Å². The van der Waals surface area contributed by atoms with Crippen LogP contribution in [0.5, 0.6) is 0 Å². The molecule has 0 aromatic heterocycles. The van der Waals surface area contributed by atoms with Crippen LogP contribution >= 0.6 is 0 Å². The third-order valence-corrected chi connectivity index (χ3v) is 9.80. The van der Waals surface area contributed by atoms with Crippen LogP contribution in [0.3, 0.4) is 0 Å². The van der Waals surface area contributed by atoms with Crippen molar-refractivity contribution in [2.45, 2.75) is 70.7 Å². The summed E-state index contributed by atoms with van der Waals surface area (Å²) in [6, 6.07) is 0. The zero-order valence-corrected chi connectivity index (χ0v) is 19.6. The number of methoxy groups -OCH3 is 1. The number of ether oxygens (including phenoxy) is 5. The highest BCUT2D eigenvalue weighted by atomic mass is 16.8. The van der Waals surface area contributed by atoms with Crippen molar-refractivity contribution in [3.63, 3.8) is 0 Å². The Labute approximate surface area is 190 Å². The molecule has 4 fully saturated rings. The fraction of sp³-hybridized carbons (Fsp3) is 0.880. The Morgan fingerprint density at radius 2 is 2.06 bits per heavy atom. The quantitative estimate of drug-likeness (QED) is 0.621. The van der Waals surface area contributed by atoms with E-state index >= 15 is 0 Å². The first-order chi connectivity index (χ1) is 15.4. The molecule has 32 heavy (non-hydrogen) atoms. The number of aliphatic hydroxyl groups excluding tert-OH is 1. The molecular weight excluding hydrogens is 412 g/mol. The van der Waals surface area contributed by atoms with E-state index in [1.807, 2.05) is 6.08 Å². The first-order valence-corrected chi connectivity index (χ1v) is 12.2. The lowest BCUT2D eigenvalue weighted by atomic mass is 9.45. The number of carbonyl (C=O) groups is 1. The summed E-state index contributed by atoms with van der Waals surface area (Å²) in [5.74, 6) is 0.926. The Bertz CT molecular complexity index is 759. The van der Waals surface area contributed by atoms with Crippen LogP contribution in [-0.4, -0.2) is 56.9 Å². The first kappa shape index (κ1) is 22.9. The van der Waals surface area contributed by atoms with Gasteiger partial charge in [-0.1, -0.05) is 19.4 Å². The van der Waals surface area contributed by atoms with Gasteiger partial charge in [0.2, 0.25) is 0 Å². The number of ketones is 1. The number of fused-ring (bicyclic) bond motifs is 5. The summed E-state index contributed by atoms with van der Waals surface area (Å²) in [7, 11) is 1.67. The zero-order chi connectivity index (χ0) is 22.6. The highest BCUT2D eigenvalue weighted by molar-refractivity contribution is 5.91. The van der Waals surface area contributed by atoms with Crippen molar-refractivity contribution in [1.82, 2.24) is 0 Å². The lowest BCUT2D eigenvalue weighted by Gasteiger charge is -2.61. The minimum absolute atomic E-state index is 0.000900. The summed E-state index contributed by atoms with van der Waals surface area (Å²) in [5.41, 5.74) is 1.28. The molecule has 0 radical (unpaired) electrons. The van der Waals surface area contributed by atoms with Gasteiger partial charge in [0.25, 0.3) is 0 Å². The van der Waals surface area contributed by atoms with Crippen LogP contribution in [0.25, 0.3) is 0 Å². The Morgan fingerprint density at radius 3 is 2.78 bits per heavy atom. The van der Waals surface area contributed by atoms with E-state index in [4.69, 9.17) is 23.7 Å². The van der Waals surface area contributed by atoms with E-state index in [9.17, 15) is 9.90 Å². The van der Waals surface area contributed by atoms with Crippen molar-refractivity contribution in [3.05, 3.63) is 11.6 Å². The van der Waals surface area contributed by atoms with Crippen LogP contribution in [0.4, 0.5) is 0 Å². The second-order valence-corrected chi connectivity index (χ2v) is 11.0. The number of aliphatic hydroxyl groups is 1. The van der Waals surface area contributed by atoms with Crippen LogP contribution in [0.15, 0.2) is 11.6 Å². The van der Waals surface area contributed by atoms with Gasteiger partial charge < -0.3 is 28.8 Å². The molecule has 0 aromatic rings. The Kier molecular flexibility index (Phi) is 6.05. The predicted octanol–water partition coefficient (Wildman–Crippen LogP) is 3.40. The maximum atomic E-state index is 12.2. The van der Waals surface area contributed by atoms with Gasteiger partial charge in [0, 0.05) is 19.4 Å². The molecule has 1 N–H and O–H groups in total. The highest BCUT2D eigenvalue weighted by Gasteiger charge is 2.66. The van der Waals surface area contributed by atoms with Crippen LogP contribution in [0, 0.1) is 34.5 Å². The molecule has 180 valence electrons. The second-order valence-electron chi connectivity index (χ2n) is 11.0. The molecule has 3 saturated carbocycles. The summed E-state index contributed by atoms with van der Waals surface area (Å²) in [5, 5.41) is 9.64. The van der Waals surface area contributed by atoms with Gasteiger partial charge in [0.15, 0.2) is 18.4 Å². The Hall–Kier alpha value is -0.830. The molecule has 7 heteroatoms. The van der Waals surface area contributed by atoms with E-state index in [2.05, 4.69) is 13.8 Å². The predicted molar refractivity (Wildman–Crippen MR) is 115 cm³/mol. The van der Waals surface area contributed by atoms with Gasteiger partial charge in [-0.25, -0.2) is 0 Å². The highest BCUT2D eigenvalue weighted by Crippen LogP contribution is 2.68. The lowest BCUT2D eigenvalue weighted by Crippen LogP contribution is -2.60. The first-order valence-electron chi connectivity index (χ1n) is 12.2. The average Bonchev–Trinajstić information content (AvgIpc) is 3.37. The van der Waals surface area contributed by atoms with Crippen LogP contribution in [0.2, 0.25) is 0 Å². The maximum absolute atomic E-state index is 12.2. The van der Waals surface area contributed by atoms with Gasteiger partial charge in [0.05, 0.1) is 6.10 Å². The SMILES string of the molecule is COCO[C@H]1CC2(C)C(CCC2C2(OCO)COCO2)C2CCC3=CC(=O)CCC3(C)C21. The van der Waals surface area contributed by atoms with E-state index in [0.717, 1.165) is 38.5 Å². The van der Waals surface area contributed by atoms with E-state index < -0.39 is 5.79 Å². The van der Waals surface area contributed by atoms with Gasteiger partial charge >= 0.3 is 0 Å². The van der Waals surface area contributed by atoms with Crippen molar-refractivity contribution in [3.8, 4) is 0 Å². The number of rotatable bonds is 6.